The Bertz CT molecular complexity index is 776. The molecule has 1 aliphatic heterocycles. The van der Waals surface area contributed by atoms with Crippen molar-refractivity contribution in [3.63, 3.8) is 0 Å². The topological polar surface area (TPSA) is 56.1 Å². The maximum Gasteiger partial charge on any atom is 0.243 e. The highest BCUT2D eigenvalue weighted by Gasteiger charge is 2.19. The van der Waals surface area contributed by atoms with Crippen LogP contribution < -0.4 is 10.2 Å². The first-order valence-corrected chi connectivity index (χ1v) is 7.80. The molecule has 0 aromatic heterocycles. The molecule has 2 aromatic carbocycles. The normalized spacial score (nSPS) is 13.1. The number of anilines is 2. The zero-order valence-electron chi connectivity index (χ0n) is 13.2. The van der Waals surface area contributed by atoms with Crippen molar-refractivity contribution in [1.82, 2.24) is 0 Å². The van der Waals surface area contributed by atoms with E-state index in [-0.39, 0.29) is 5.91 Å². The minimum Gasteiger partial charge on any atom is -0.362 e. The van der Waals surface area contributed by atoms with E-state index in [4.69, 9.17) is 5.26 Å². The summed E-state index contributed by atoms with van der Waals surface area (Å²) in [5.41, 5.74) is 4.93. The zero-order valence-corrected chi connectivity index (χ0v) is 13.2. The summed E-state index contributed by atoms with van der Waals surface area (Å²) in [5.74, 6) is -0.0616. The van der Waals surface area contributed by atoms with Gasteiger partial charge in [0, 0.05) is 17.9 Å². The summed E-state index contributed by atoms with van der Waals surface area (Å²) in [5, 5.41) is 11.8. The van der Waals surface area contributed by atoms with Crippen LogP contribution in [0.15, 0.2) is 42.5 Å². The van der Waals surface area contributed by atoms with Crippen LogP contribution in [0.5, 0.6) is 0 Å². The Hall–Kier alpha value is -2.80. The van der Waals surface area contributed by atoms with E-state index < -0.39 is 0 Å². The summed E-state index contributed by atoms with van der Waals surface area (Å²) in [6, 6.07) is 15.5. The Morgan fingerprint density at radius 1 is 1.30 bits per heavy atom. The van der Waals surface area contributed by atoms with Gasteiger partial charge in [-0.3, -0.25) is 4.79 Å². The van der Waals surface area contributed by atoms with Crippen LogP contribution in [-0.4, -0.2) is 19.0 Å². The number of aryl methyl sites for hydroxylation is 2. The molecule has 0 fully saturated rings. The van der Waals surface area contributed by atoms with Gasteiger partial charge in [0.25, 0.3) is 0 Å². The van der Waals surface area contributed by atoms with E-state index in [9.17, 15) is 4.79 Å². The Balaban J connectivity index is 1.70. The average molecular weight is 305 g/mol. The van der Waals surface area contributed by atoms with Crippen molar-refractivity contribution in [1.29, 1.82) is 5.26 Å². The van der Waals surface area contributed by atoms with Gasteiger partial charge in [-0.25, -0.2) is 0 Å². The van der Waals surface area contributed by atoms with E-state index in [0.29, 0.717) is 17.8 Å². The highest BCUT2D eigenvalue weighted by molar-refractivity contribution is 5.94. The molecular weight excluding hydrogens is 286 g/mol. The first-order chi connectivity index (χ1) is 11.2. The van der Waals surface area contributed by atoms with Crippen molar-refractivity contribution in [2.24, 2.45) is 0 Å². The van der Waals surface area contributed by atoms with E-state index in [1.165, 1.54) is 11.1 Å². The molecule has 0 saturated heterocycles. The summed E-state index contributed by atoms with van der Waals surface area (Å²) in [6.45, 7) is 3.31. The number of hydrogen-bond acceptors (Lipinski definition) is 3. The van der Waals surface area contributed by atoms with Crippen LogP contribution in [0.3, 0.4) is 0 Å². The number of carbonyl (C=O) groups is 1. The third-order valence-corrected chi connectivity index (χ3v) is 4.06. The fourth-order valence-corrected chi connectivity index (χ4v) is 3.01. The third kappa shape index (κ3) is 3.51. The number of nitriles is 1. The number of amides is 1. The van der Waals surface area contributed by atoms with Gasteiger partial charge < -0.3 is 10.2 Å². The van der Waals surface area contributed by atoms with Crippen molar-refractivity contribution in [2.45, 2.75) is 19.8 Å². The van der Waals surface area contributed by atoms with E-state index in [0.717, 1.165) is 25.1 Å². The molecule has 0 saturated carbocycles. The lowest BCUT2D eigenvalue weighted by Gasteiger charge is -2.31. The number of hydrogen-bond donors (Lipinski definition) is 1. The fourth-order valence-electron chi connectivity index (χ4n) is 3.01. The SMILES string of the molecule is Cc1ccc2c(c1)CCCN2CC(=O)Nc1cccc(C#N)c1. The number of fused-ring (bicyclic) bond motifs is 1. The van der Waals surface area contributed by atoms with Crippen molar-refractivity contribution >= 4 is 17.3 Å². The molecule has 4 nitrogen and oxygen atoms in total. The molecule has 0 atom stereocenters. The minimum absolute atomic E-state index is 0.0616. The maximum atomic E-state index is 12.3. The molecule has 0 aliphatic carbocycles. The van der Waals surface area contributed by atoms with Crippen LogP contribution >= 0.6 is 0 Å². The van der Waals surface area contributed by atoms with Gasteiger partial charge in [-0.2, -0.15) is 5.26 Å². The molecule has 3 rings (SSSR count). The van der Waals surface area contributed by atoms with Gasteiger partial charge in [-0.1, -0.05) is 23.8 Å². The van der Waals surface area contributed by atoms with Gasteiger partial charge >= 0.3 is 0 Å². The molecule has 23 heavy (non-hydrogen) atoms. The Morgan fingerprint density at radius 2 is 2.17 bits per heavy atom. The average Bonchev–Trinajstić information content (AvgIpc) is 2.55. The molecule has 4 heteroatoms. The second-order valence-electron chi connectivity index (χ2n) is 5.90. The summed E-state index contributed by atoms with van der Waals surface area (Å²) in [4.78, 5) is 14.4. The number of benzene rings is 2. The molecule has 1 amide bonds. The molecule has 0 radical (unpaired) electrons. The Labute approximate surface area is 136 Å². The molecule has 1 aliphatic rings. The first kappa shape index (κ1) is 15.1. The third-order valence-electron chi connectivity index (χ3n) is 4.06. The maximum absolute atomic E-state index is 12.3. The first-order valence-electron chi connectivity index (χ1n) is 7.80. The predicted octanol–water partition coefficient (Wildman–Crippen LogP) is 3.26. The zero-order chi connectivity index (χ0) is 16.2. The van der Waals surface area contributed by atoms with Gasteiger partial charge in [-0.05, 0) is 49.6 Å². The van der Waals surface area contributed by atoms with Gasteiger partial charge in [0.1, 0.15) is 0 Å². The van der Waals surface area contributed by atoms with Crippen LogP contribution in [0.25, 0.3) is 0 Å². The number of nitrogens with zero attached hydrogens (tertiary/aromatic N) is 2. The van der Waals surface area contributed by atoms with Crippen LogP contribution in [0.2, 0.25) is 0 Å². The molecular formula is C19H19N3O. The standard InChI is InChI=1S/C19H19N3O/c1-14-7-8-18-16(10-14)5-3-9-22(18)13-19(23)21-17-6-2-4-15(11-17)12-20/h2,4,6-8,10-11H,3,5,9,13H2,1H3,(H,21,23). The van der Waals surface area contributed by atoms with Crippen LogP contribution in [0.4, 0.5) is 11.4 Å². The Kier molecular flexibility index (Phi) is 4.29. The summed E-state index contributed by atoms with van der Waals surface area (Å²) in [6.07, 6.45) is 2.13. The van der Waals surface area contributed by atoms with E-state index >= 15 is 0 Å². The molecule has 116 valence electrons. The lowest BCUT2D eigenvalue weighted by Crippen LogP contribution is -2.36. The Morgan fingerprint density at radius 3 is 3.00 bits per heavy atom. The lowest BCUT2D eigenvalue weighted by atomic mass is 9.99. The van der Waals surface area contributed by atoms with Gasteiger partial charge in [0.05, 0.1) is 18.2 Å². The largest absolute Gasteiger partial charge is 0.362 e. The van der Waals surface area contributed by atoms with Crippen molar-refractivity contribution in [3.8, 4) is 6.07 Å². The van der Waals surface area contributed by atoms with Crippen LogP contribution in [0.1, 0.15) is 23.1 Å². The van der Waals surface area contributed by atoms with Crippen molar-refractivity contribution in [2.75, 3.05) is 23.3 Å². The van der Waals surface area contributed by atoms with Gasteiger partial charge in [-0.15, -0.1) is 0 Å². The van der Waals surface area contributed by atoms with Crippen LogP contribution in [-0.2, 0) is 11.2 Å². The smallest absolute Gasteiger partial charge is 0.243 e. The highest BCUT2D eigenvalue weighted by atomic mass is 16.2. The lowest BCUT2D eigenvalue weighted by molar-refractivity contribution is -0.115. The molecule has 0 unspecified atom stereocenters. The summed E-state index contributed by atoms with van der Waals surface area (Å²) >= 11 is 0. The molecule has 1 N–H and O–H groups in total. The van der Waals surface area contributed by atoms with Gasteiger partial charge in [0.2, 0.25) is 5.91 Å². The molecule has 0 bridgehead atoms. The predicted molar refractivity (Wildman–Crippen MR) is 91.5 cm³/mol. The fraction of sp³-hybridized carbons (Fsp3) is 0.263. The second kappa shape index (κ2) is 6.53. The second-order valence-corrected chi connectivity index (χ2v) is 5.90. The summed E-state index contributed by atoms with van der Waals surface area (Å²) in [7, 11) is 0. The summed E-state index contributed by atoms with van der Waals surface area (Å²) < 4.78 is 0. The van der Waals surface area contributed by atoms with E-state index in [1.807, 2.05) is 0 Å². The van der Waals surface area contributed by atoms with Gasteiger partial charge in [0.15, 0.2) is 0 Å². The monoisotopic (exact) mass is 305 g/mol. The minimum atomic E-state index is -0.0616. The van der Waals surface area contributed by atoms with E-state index in [1.54, 1.807) is 24.3 Å². The molecule has 2 aromatic rings. The highest BCUT2D eigenvalue weighted by Crippen LogP contribution is 2.27. The van der Waals surface area contributed by atoms with E-state index in [2.05, 4.69) is 41.4 Å². The number of rotatable bonds is 3. The number of nitrogens with one attached hydrogen (secondary N) is 1. The van der Waals surface area contributed by atoms with Crippen LogP contribution in [0, 0.1) is 18.3 Å². The molecule has 1 heterocycles. The molecule has 0 spiro atoms. The van der Waals surface area contributed by atoms with Crippen molar-refractivity contribution < 1.29 is 4.79 Å². The quantitative estimate of drug-likeness (QED) is 0.947. The van der Waals surface area contributed by atoms with Crippen molar-refractivity contribution in [3.05, 3.63) is 59.2 Å². The number of carbonyl (C=O) groups excluding carboxylic acids is 1.